The summed E-state index contributed by atoms with van der Waals surface area (Å²) < 4.78 is 0. The smallest absolute Gasteiger partial charge is 0.270 e. The average molecular weight is 277 g/mol. The van der Waals surface area contributed by atoms with Crippen molar-refractivity contribution < 1.29 is 4.92 Å². The number of benzene rings is 1. The van der Waals surface area contributed by atoms with Crippen LogP contribution in [-0.4, -0.2) is 17.0 Å². The van der Waals surface area contributed by atoms with Crippen molar-refractivity contribution in [1.82, 2.24) is 10.3 Å². The van der Waals surface area contributed by atoms with Gasteiger partial charge in [0.15, 0.2) is 0 Å². The standard InChI is InChI=1S/C13H15N3O2S/c1-8(14-3)12-9(2)15-13(19-12)10-5-4-6-11(7-10)16(17)18/h4-8,14H,1-3H3. The van der Waals surface area contributed by atoms with Crippen LogP contribution in [0.1, 0.15) is 23.5 Å². The van der Waals surface area contributed by atoms with Crippen molar-refractivity contribution in [2.75, 3.05) is 7.05 Å². The quantitative estimate of drug-likeness (QED) is 0.687. The molecule has 0 fully saturated rings. The molecule has 1 heterocycles. The van der Waals surface area contributed by atoms with Crippen molar-refractivity contribution in [2.45, 2.75) is 19.9 Å². The third-order valence-corrected chi connectivity index (χ3v) is 4.35. The van der Waals surface area contributed by atoms with Crippen molar-refractivity contribution in [2.24, 2.45) is 0 Å². The van der Waals surface area contributed by atoms with E-state index in [1.807, 2.05) is 20.0 Å². The first-order chi connectivity index (χ1) is 9.02. The van der Waals surface area contributed by atoms with E-state index in [9.17, 15) is 10.1 Å². The fraction of sp³-hybridized carbons (Fsp3) is 0.308. The van der Waals surface area contributed by atoms with Gasteiger partial charge in [0.25, 0.3) is 5.69 Å². The van der Waals surface area contributed by atoms with Gasteiger partial charge in [-0.2, -0.15) is 0 Å². The zero-order valence-electron chi connectivity index (χ0n) is 11.0. The van der Waals surface area contributed by atoms with Crippen LogP contribution in [0, 0.1) is 17.0 Å². The molecule has 1 unspecified atom stereocenters. The monoisotopic (exact) mass is 277 g/mol. The molecule has 0 radical (unpaired) electrons. The first-order valence-corrected chi connectivity index (χ1v) is 6.74. The van der Waals surface area contributed by atoms with Gasteiger partial charge in [0.2, 0.25) is 0 Å². The van der Waals surface area contributed by atoms with Crippen molar-refractivity contribution in [3.05, 3.63) is 45.0 Å². The van der Waals surface area contributed by atoms with Gasteiger partial charge in [0.05, 0.1) is 10.6 Å². The van der Waals surface area contributed by atoms with Gasteiger partial charge in [-0.25, -0.2) is 4.98 Å². The van der Waals surface area contributed by atoms with E-state index in [1.165, 1.54) is 6.07 Å². The van der Waals surface area contributed by atoms with Crippen molar-refractivity contribution in [3.63, 3.8) is 0 Å². The lowest BCUT2D eigenvalue weighted by Crippen LogP contribution is -2.11. The van der Waals surface area contributed by atoms with Gasteiger partial charge in [-0.3, -0.25) is 10.1 Å². The lowest BCUT2D eigenvalue weighted by Gasteiger charge is -2.06. The summed E-state index contributed by atoms with van der Waals surface area (Å²) in [4.78, 5) is 16.1. The number of hydrogen-bond donors (Lipinski definition) is 1. The predicted molar refractivity (Wildman–Crippen MR) is 76.4 cm³/mol. The third-order valence-electron chi connectivity index (χ3n) is 2.96. The van der Waals surface area contributed by atoms with Gasteiger partial charge in [-0.15, -0.1) is 11.3 Å². The Morgan fingerprint density at radius 2 is 2.21 bits per heavy atom. The highest BCUT2D eigenvalue weighted by molar-refractivity contribution is 7.15. The van der Waals surface area contributed by atoms with E-state index < -0.39 is 0 Å². The maximum absolute atomic E-state index is 10.8. The van der Waals surface area contributed by atoms with Crippen molar-refractivity contribution >= 4 is 17.0 Å². The van der Waals surface area contributed by atoms with Crippen LogP contribution in [0.5, 0.6) is 0 Å². The minimum atomic E-state index is -0.388. The Balaban J connectivity index is 2.42. The highest BCUT2D eigenvalue weighted by Gasteiger charge is 2.15. The molecule has 100 valence electrons. The molecule has 0 aliphatic carbocycles. The summed E-state index contributed by atoms with van der Waals surface area (Å²) in [5, 5.41) is 14.8. The molecule has 2 aromatic rings. The normalized spacial score (nSPS) is 12.4. The average Bonchev–Trinajstić information content (AvgIpc) is 2.80. The Morgan fingerprint density at radius 1 is 1.47 bits per heavy atom. The molecule has 0 saturated heterocycles. The molecule has 1 atom stereocenters. The fourth-order valence-electron chi connectivity index (χ4n) is 1.82. The van der Waals surface area contributed by atoms with Crippen LogP contribution in [0.3, 0.4) is 0 Å². The molecule has 1 N–H and O–H groups in total. The number of hydrogen-bond acceptors (Lipinski definition) is 5. The fourth-order valence-corrected chi connectivity index (χ4v) is 2.94. The highest BCUT2D eigenvalue weighted by atomic mass is 32.1. The van der Waals surface area contributed by atoms with E-state index in [0.717, 1.165) is 21.1 Å². The predicted octanol–water partition coefficient (Wildman–Crippen LogP) is 3.31. The van der Waals surface area contributed by atoms with E-state index in [-0.39, 0.29) is 16.7 Å². The summed E-state index contributed by atoms with van der Waals surface area (Å²) in [6, 6.07) is 6.81. The third kappa shape index (κ3) is 2.80. The molecule has 0 amide bonds. The van der Waals surface area contributed by atoms with Gasteiger partial charge in [0.1, 0.15) is 5.01 Å². The van der Waals surface area contributed by atoms with Crippen LogP contribution >= 0.6 is 11.3 Å². The SMILES string of the molecule is CNC(C)c1sc(-c2cccc([N+](=O)[O-])c2)nc1C. The number of nitro groups is 1. The molecule has 0 spiro atoms. The van der Waals surface area contributed by atoms with Gasteiger partial charge in [-0.05, 0) is 20.9 Å². The van der Waals surface area contributed by atoms with Gasteiger partial charge in [0, 0.05) is 28.6 Å². The summed E-state index contributed by atoms with van der Waals surface area (Å²) in [6.45, 7) is 4.03. The molecule has 0 bridgehead atoms. The second-order valence-corrected chi connectivity index (χ2v) is 5.32. The molecule has 0 aliphatic heterocycles. The first-order valence-electron chi connectivity index (χ1n) is 5.92. The topological polar surface area (TPSA) is 68.1 Å². The summed E-state index contributed by atoms with van der Waals surface area (Å²) in [5.74, 6) is 0. The Hall–Kier alpha value is -1.79. The van der Waals surface area contributed by atoms with Crippen LogP contribution in [0.25, 0.3) is 10.6 Å². The summed E-state index contributed by atoms with van der Waals surface area (Å²) >= 11 is 1.57. The largest absolute Gasteiger partial charge is 0.312 e. The zero-order chi connectivity index (χ0) is 14.0. The molecule has 5 nitrogen and oxygen atoms in total. The zero-order valence-corrected chi connectivity index (χ0v) is 11.8. The lowest BCUT2D eigenvalue weighted by molar-refractivity contribution is -0.384. The minimum Gasteiger partial charge on any atom is -0.312 e. The van der Waals surface area contributed by atoms with Crippen molar-refractivity contribution in [1.29, 1.82) is 0 Å². The molecular formula is C13H15N3O2S. The van der Waals surface area contributed by atoms with Gasteiger partial charge < -0.3 is 5.32 Å². The molecule has 6 heteroatoms. The number of rotatable bonds is 4. The Kier molecular flexibility index (Phi) is 3.92. The van der Waals surface area contributed by atoms with Crippen LogP contribution in [-0.2, 0) is 0 Å². The first kappa shape index (κ1) is 13.6. The van der Waals surface area contributed by atoms with Gasteiger partial charge in [-0.1, -0.05) is 12.1 Å². The Bertz CT molecular complexity index is 610. The molecule has 1 aromatic heterocycles. The van der Waals surface area contributed by atoms with E-state index in [4.69, 9.17) is 0 Å². The summed E-state index contributed by atoms with van der Waals surface area (Å²) in [6.07, 6.45) is 0. The highest BCUT2D eigenvalue weighted by Crippen LogP contribution is 2.32. The second-order valence-electron chi connectivity index (χ2n) is 4.29. The Labute approximate surface area is 115 Å². The van der Waals surface area contributed by atoms with Gasteiger partial charge >= 0.3 is 0 Å². The van der Waals surface area contributed by atoms with Crippen molar-refractivity contribution in [3.8, 4) is 10.6 Å². The van der Waals surface area contributed by atoms with Crippen LogP contribution < -0.4 is 5.32 Å². The minimum absolute atomic E-state index is 0.0913. The van der Waals surface area contributed by atoms with E-state index >= 15 is 0 Å². The van der Waals surface area contributed by atoms with E-state index in [0.29, 0.717) is 0 Å². The number of aryl methyl sites for hydroxylation is 1. The summed E-state index contributed by atoms with van der Waals surface area (Å²) in [7, 11) is 1.90. The van der Waals surface area contributed by atoms with Crippen LogP contribution in [0.2, 0.25) is 0 Å². The molecule has 2 rings (SSSR count). The maximum Gasteiger partial charge on any atom is 0.270 e. The number of nitrogens with zero attached hydrogens (tertiary/aromatic N) is 2. The molecule has 19 heavy (non-hydrogen) atoms. The number of thiazole rings is 1. The number of non-ortho nitro benzene ring substituents is 1. The lowest BCUT2D eigenvalue weighted by atomic mass is 10.2. The molecule has 1 aromatic carbocycles. The summed E-state index contributed by atoms with van der Waals surface area (Å²) in [5.41, 5.74) is 1.85. The van der Waals surface area contributed by atoms with E-state index in [1.54, 1.807) is 23.5 Å². The molecule has 0 saturated carbocycles. The van der Waals surface area contributed by atoms with Crippen LogP contribution in [0.15, 0.2) is 24.3 Å². The number of nitro benzene ring substituents is 1. The maximum atomic E-state index is 10.8. The second kappa shape index (κ2) is 5.46. The Morgan fingerprint density at radius 3 is 2.84 bits per heavy atom. The molecular weight excluding hydrogens is 262 g/mol. The number of nitrogens with one attached hydrogen (secondary N) is 1. The number of aromatic nitrogens is 1. The molecule has 0 aliphatic rings. The van der Waals surface area contributed by atoms with Crippen LogP contribution in [0.4, 0.5) is 5.69 Å². The van der Waals surface area contributed by atoms with E-state index in [2.05, 4.69) is 17.2 Å².